The van der Waals surface area contributed by atoms with Gasteiger partial charge in [0, 0.05) is 19.3 Å². The van der Waals surface area contributed by atoms with Crippen molar-refractivity contribution < 1.29 is 28.6 Å². The molecule has 0 aliphatic carbocycles. The third-order valence-corrected chi connectivity index (χ3v) is 9.40. The fourth-order valence-corrected chi connectivity index (χ4v) is 5.89. The van der Waals surface area contributed by atoms with Crippen LogP contribution >= 0.6 is 0 Å². The van der Waals surface area contributed by atoms with Crippen molar-refractivity contribution in [1.82, 2.24) is 0 Å². The summed E-state index contributed by atoms with van der Waals surface area (Å²) in [6.07, 6.45) is 32.5. The first-order valence-electron chi connectivity index (χ1n) is 20.4. The lowest BCUT2D eigenvalue weighted by atomic mass is 9.99. The SMILES string of the molecule is CCCCCCCCCCCCC(=O)OC[C@@H](COC(=O)CCCCCCC)OC(=O)CCCCCCCCCCCCC(C)CC. The highest BCUT2D eigenvalue weighted by Crippen LogP contribution is 2.16. The minimum absolute atomic E-state index is 0.0657. The predicted molar refractivity (Wildman–Crippen MR) is 196 cm³/mol. The monoisotopic (exact) mass is 667 g/mol. The van der Waals surface area contributed by atoms with E-state index in [1.165, 1.54) is 109 Å². The number of unbranched alkanes of at least 4 members (excludes halogenated alkanes) is 22. The van der Waals surface area contributed by atoms with E-state index < -0.39 is 6.10 Å². The number of hydrogen-bond donors (Lipinski definition) is 0. The van der Waals surface area contributed by atoms with Crippen molar-refractivity contribution in [3.05, 3.63) is 0 Å². The van der Waals surface area contributed by atoms with Crippen LogP contribution in [0.4, 0.5) is 0 Å². The maximum atomic E-state index is 12.6. The zero-order valence-corrected chi connectivity index (χ0v) is 31.7. The Balaban J connectivity index is 4.25. The summed E-state index contributed by atoms with van der Waals surface area (Å²) >= 11 is 0. The molecule has 0 bridgehead atoms. The molecule has 0 fully saturated rings. The van der Waals surface area contributed by atoms with Gasteiger partial charge in [0.1, 0.15) is 13.2 Å². The molecule has 2 atom stereocenters. The fraction of sp³-hybridized carbons (Fsp3) is 0.927. The maximum Gasteiger partial charge on any atom is 0.306 e. The van der Waals surface area contributed by atoms with E-state index >= 15 is 0 Å². The second-order valence-corrected chi connectivity index (χ2v) is 14.2. The number of ether oxygens (including phenoxy) is 3. The van der Waals surface area contributed by atoms with E-state index in [4.69, 9.17) is 14.2 Å². The van der Waals surface area contributed by atoms with Crippen molar-refractivity contribution in [2.45, 2.75) is 226 Å². The molecular formula is C41H78O6. The van der Waals surface area contributed by atoms with Crippen LogP contribution in [0.5, 0.6) is 0 Å². The fourth-order valence-electron chi connectivity index (χ4n) is 5.89. The molecule has 0 radical (unpaired) electrons. The van der Waals surface area contributed by atoms with Gasteiger partial charge in [-0.1, -0.05) is 182 Å². The number of esters is 3. The molecule has 0 N–H and O–H groups in total. The van der Waals surface area contributed by atoms with Crippen molar-refractivity contribution >= 4 is 17.9 Å². The van der Waals surface area contributed by atoms with Gasteiger partial charge in [0.05, 0.1) is 0 Å². The van der Waals surface area contributed by atoms with Gasteiger partial charge in [-0.05, 0) is 25.2 Å². The van der Waals surface area contributed by atoms with Crippen LogP contribution in [0.2, 0.25) is 0 Å². The zero-order valence-electron chi connectivity index (χ0n) is 31.7. The molecular weight excluding hydrogens is 588 g/mol. The molecule has 0 saturated heterocycles. The first kappa shape index (κ1) is 45.4. The number of carbonyl (C=O) groups is 3. The summed E-state index contributed by atoms with van der Waals surface area (Å²) in [5.41, 5.74) is 0. The Kier molecular flexibility index (Phi) is 34.5. The van der Waals surface area contributed by atoms with E-state index in [9.17, 15) is 14.4 Å². The molecule has 0 aromatic carbocycles. The molecule has 0 aromatic rings. The van der Waals surface area contributed by atoms with E-state index in [1.54, 1.807) is 0 Å². The van der Waals surface area contributed by atoms with Crippen molar-refractivity contribution in [2.75, 3.05) is 13.2 Å². The molecule has 0 aromatic heterocycles. The molecule has 0 aliphatic heterocycles. The number of hydrogen-bond acceptors (Lipinski definition) is 6. The average molecular weight is 667 g/mol. The topological polar surface area (TPSA) is 78.9 Å². The highest BCUT2D eigenvalue weighted by molar-refractivity contribution is 5.71. The van der Waals surface area contributed by atoms with Crippen LogP contribution in [0.3, 0.4) is 0 Å². The molecule has 278 valence electrons. The normalized spacial score (nSPS) is 12.5. The smallest absolute Gasteiger partial charge is 0.306 e. The van der Waals surface area contributed by atoms with Gasteiger partial charge in [0.2, 0.25) is 0 Å². The van der Waals surface area contributed by atoms with Gasteiger partial charge in [0.25, 0.3) is 0 Å². The highest BCUT2D eigenvalue weighted by atomic mass is 16.6. The Morgan fingerprint density at radius 3 is 1.11 bits per heavy atom. The minimum Gasteiger partial charge on any atom is -0.462 e. The van der Waals surface area contributed by atoms with Gasteiger partial charge in [-0.2, -0.15) is 0 Å². The first-order chi connectivity index (χ1) is 22.9. The van der Waals surface area contributed by atoms with Crippen LogP contribution in [-0.2, 0) is 28.6 Å². The Morgan fingerprint density at radius 2 is 0.745 bits per heavy atom. The third-order valence-electron chi connectivity index (χ3n) is 9.40. The molecule has 0 amide bonds. The molecule has 0 spiro atoms. The zero-order chi connectivity index (χ0) is 34.6. The van der Waals surface area contributed by atoms with Gasteiger partial charge < -0.3 is 14.2 Å². The van der Waals surface area contributed by atoms with Crippen LogP contribution in [0.15, 0.2) is 0 Å². The van der Waals surface area contributed by atoms with Crippen molar-refractivity contribution in [3.63, 3.8) is 0 Å². The molecule has 6 heteroatoms. The van der Waals surface area contributed by atoms with E-state index in [2.05, 4.69) is 27.7 Å². The van der Waals surface area contributed by atoms with Gasteiger partial charge in [-0.25, -0.2) is 0 Å². The molecule has 6 nitrogen and oxygen atoms in total. The molecule has 0 heterocycles. The van der Waals surface area contributed by atoms with Gasteiger partial charge in [0.15, 0.2) is 6.10 Å². The minimum atomic E-state index is -0.756. The Labute approximate surface area is 291 Å². The van der Waals surface area contributed by atoms with Crippen LogP contribution in [-0.4, -0.2) is 37.2 Å². The summed E-state index contributed by atoms with van der Waals surface area (Å²) in [6.45, 7) is 8.90. The van der Waals surface area contributed by atoms with E-state index in [1.807, 2.05) is 0 Å². The highest BCUT2D eigenvalue weighted by Gasteiger charge is 2.19. The standard InChI is InChI=1S/C41H78O6/c1-5-8-10-12-13-14-18-21-25-29-33-40(43)46-36-38(35-45-39(42)32-28-23-11-9-6-2)47-41(44)34-30-26-22-19-16-15-17-20-24-27-31-37(4)7-3/h37-38H,5-36H2,1-4H3/t37?,38-/m1/s1. The van der Waals surface area contributed by atoms with Gasteiger partial charge in [-0.15, -0.1) is 0 Å². The quantitative estimate of drug-likeness (QED) is 0.0376. The number of rotatable bonds is 36. The Bertz CT molecular complexity index is 708. The molecule has 0 aliphatic rings. The van der Waals surface area contributed by atoms with Crippen LogP contribution in [0.25, 0.3) is 0 Å². The Hall–Kier alpha value is -1.59. The summed E-state index contributed by atoms with van der Waals surface area (Å²) in [7, 11) is 0. The van der Waals surface area contributed by atoms with Gasteiger partial charge >= 0.3 is 17.9 Å². The van der Waals surface area contributed by atoms with Crippen LogP contribution in [0.1, 0.15) is 220 Å². The first-order valence-corrected chi connectivity index (χ1v) is 20.4. The summed E-state index contributed by atoms with van der Waals surface area (Å²) in [5, 5.41) is 0. The van der Waals surface area contributed by atoms with E-state index in [-0.39, 0.29) is 31.1 Å². The van der Waals surface area contributed by atoms with Crippen molar-refractivity contribution in [1.29, 1.82) is 0 Å². The predicted octanol–water partition coefficient (Wildman–Crippen LogP) is 12.4. The van der Waals surface area contributed by atoms with Crippen LogP contribution < -0.4 is 0 Å². The summed E-state index contributed by atoms with van der Waals surface area (Å²) in [4.78, 5) is 37.3. The Morgan fingerprint density at radius 1 is 0.426 bits per heavy atom. The van der Waals surface area contributed by atoms with Gasteiger partial charge in [-0.3, -0.25) is 14.4 Å². The van der Waals surface area contributed by atoms with E-state index in [0.717, 1.165) is 70.1 Å². The number of carbonyl (C=O) groups excluding carboxylic acids is 3. The molecule has 0 saturated carbocycles. The largest absolute Gasteiger partial charge is 0.462 e. The second-order valence-electron chi connectivity index (χ2n) is 14.2. The third kappa shape index (κ3) is 34.1. The summed E-state index contributed by atoms with van der Waals surface area (Å²) < 4.78 is 16.5. The van der Waals surface area contributed by atoms with E-state index in [0.29, 0.717) is 19.3 Å². The maximum absolute atomic E-state index is 12.6. The summed E-state index contributed by atoms with van der Waals surface area (Å²) in [5.74, 6) is -0.00904. The lowest BCUT2D eigenvalue weighted by molar-refractivity contribution is -0.167. The molecule has 0 rings (SSSR count). The molecule has 1 unspecified atom stereocenters. The summed E-state index contributed by atoms with van der Waals surface area (Å²) in [6, 6.07) is 0. The van der Waals surface area contributed by atoms with Crippen LogP contribution in [0, 0.1) is 5.92 Å². The second kappa shape index (κ2) is 35.7. The molecule has 47 heavy (non-hydrogen) atoms. The van der Waals surface area contributed by atoms with Crippen molar-refractivity contribution in [3.8, 4) is 0 Å². The average Bonchev–Trinajstić information content (AvgIpc) is 3.06. The lowest BCUT2D eigenvalue weighted by Crippen LogP contribution is -2.30. The lowest BCUT2D eigenvalue weighted by Gasteiger charge is -2.18. The van der Waals surface area contributed by atoms with Crippen molar-refractivity contribution in [2.24, 2.45) is 5.92 Å².